The number of hydrogen-bond donors (Lipinski definition) is 0. The maximum atomic E-state index is 14.3. The summed E-state index contributed by atoms with van der Waals surface area (Å²) in [6, 6.07) is 2.54. The lowest BCUT2D eigenvalue weighted by molar-refractivity contribution is -0.122. The van der Waals surface area contributed by atoms with E-state index in [1.807, 2.05) is 0 Å². The summed E-state index contributed by atoms with van der Waals surface area (Å²) in [7, 11) is 0. The zero-order chi connectivity index (χ0) is 20.4. The zero-order valence-corrected chi connectivity index (χ0v) is 15.9. The van der Waals surface area contributed by atoms with Crippen molar-refractivity contribution in [2.24, 2.45) is 0 Å². The Bertz CT molecular complexity index is 681. The summed E-state index contributed by atoms with van der Waals surface area (Å²) in [4.78, 5) is 3.14. The van der Waals surface area contributed by atoms with Gasteiger partial charge in [-0.25, -0.2) is 4.39 Å². The number of aryl methyl sites for hydroxylation is 1. The van der Waals surface area contributed by atoms with Crippen LogP contribution in [0.3, 0.4) is 0 Å². The van der Waals surface area contributed by atoms with Gasteiger partial charge in [-0.1, -0.05) is 12.2 Å². The predicted molar refractivity (Wildman–Crippen MR) is 95.0 cm³/mol. The van der Waals surface area contributed by atoms with Crippen LogP contribution in [0.4, 0.5) is 36.4 Å². The van der Waals surface area contributed by atoms with Crippen molar-refractivity contribution in [1.29, 1.82) is 0 Å². The van der Waals surface area contributed by atoms with E-state index < -0.39 is 30.3 Å². The first kappa shape index (κ1) is 22.1. The highest BCUT2D eigenvalue weighted by Crippen LogP contribution is 2.34. The minimum absolute atomic E-state index is 0.145. The summed E-state index contributed by atoms with van der Waals surface area (Å²) >= 11 is 5.39. The number of thiocarbonyl (C=S) groups is 1. The summed E-state index contributed by atoms with van der Waals surface area (Å²) in [5.41, 5.74) is 0.544. The van der Waals surface area contributed by atoms with E-state index in [0.29, 0.717) is 22.2 Å². The van der Waals surface area contributed by atoms with Crippen LogP contribution < -0.4 is 4.90 Å². The van der Waals surface area contributed by atoms with Crippen LogP contribution in [0.25, 0.3) is 0 Å². The second-order valence-electron chi connectivity index (χ2n) is 6.13. The molecule has 27 heavy (non-hydrogen) atoms. The van der Waals surface area contributed by atoms with Gasteiger partial charge in [-0.3, -0.25) is 0 Å². The van der Waals surface area contributed by atoms with Crippen molar-refractivity contribution < 1.29 is 30.7 Å². The van der Waals surface area contributed by atoms with Crippen LogP contribution in [0, 0.1) is 12.7 Å². The molecule has 1 aromatic rings. The maximum Gasteiger partial charge on any atom is 0.398 e. The SMILES string of the molecule is Cc1cc(F)c(N2CCN(C(=S)CC(F)(F)F)CC2)cc1SCC(F)(F)F. The number of alkyl halides is 6. The van der Waals surface area contributed by atoms with Crippen molar-refractivity contribution in [1.82, 2.24) is 4.90 Å². The molecule has 2 rings (SSSR count). The number of halogens is 7. The van der Waals surface area contributed by atoms with Gasteiger partial charge in [-0.15, -0.1) is 11.8 Å². The van der Waals surface area contributed by atoms with Gasteiger partial charge in [-0.05, 0) is 24.6 Å². The average molecular weight is 434 g/mol. The molecule has 11 heteroatoms. The van der Waals surface area contributed by atoms with E-state index in [-0.39, 0.29) is 36.9 Å². The smallest absolute Gasteiger partial charge is 0.366 e. The van der Waals surface area contributed by atoms with Gasteiger partial charge in [0.1, 0.15) is 5.82 Å². The van der Waals surface area contributed by atoms with Gasteiger partial charge < -0.3 is 9.80 Å². The molecule has 0 radical (unpaired) electrons. The molecule has 0 N–H and O–H groups in total. The zero-order valence-electron chi connectivity index (χ0n) is 14.3. The van der Waals surface area contributed by atoms with E-state index in [4.69, 9.17) is 12.2 Å². The summed E-state index contributed by atoms with van der Waals surface area (Å²) in [5, 5.41) is 0. The summed E-state index contributed by atoms with van der Waals surface area (Å²) in [6.45, 7) is 2.35. The number of benzene rings is 1. The van der Waals surface area contributed by atoms with Crippen LogP contribution in [0.1, 0.15) is 12.0 Å². The number of hydrogen-bond acceptors (Lipinski definition) is 3. The molecule has 0 spiro atoms. The van der Waals surface area contributed by atoms with Crippen LogP contribution in [-0.4, -0.2) is 54.2 Å². The normalized spacial score (nSPS) is 16.0. The van der Waals surface area contributed by atoms with Crippen molar-refractivity contribution in [3.05, 3.63) is 23.5 Å². The van der Waals surface area contributed by atoms with Gasteiger partial charge in [-0.2, -0.15) is 26.3 Å². The van der Waals surface area contributed by atoms with Crippen molar-refractivity contribution >= 4 is 34.7 Å². The van der Waals surface area contributed by atoms with E-state index in [0.717, 1.165) is 0 Å². The van der Waals surface area contributed by atoms with Gasteiger partial charge in [0.2, 0.25) is 0 Å². The lowest BCUT2D eigenvalue weighted by atomic mass is 10.1. The van der Waals surface area contributed by atoms with Crippen LogP contribution in [0.15, 0.2) is 17.0 Å². The van der Waals surface area contributed by atoms with Crippen LogP contribution in [0.2, 0.25) is 0 Å². The quantitative estimate of drug-likeness (QED) is 0.365. The molecule has 0 atom stereocenters. The highest BCUT2D eigenvalue weighted by Gasteiger charge is 2.32. The summed E-state index contributed by atoms with van der Waals surface area (Å²) in [5.74, 6) is -1.66. The molecule has 1 aromatic carbocycles. The third-order valence-electron chi connectivity index (χ3n) is 3.96. The van der Waals surface area contributed by atoms with Crippen LogP contribution in [0.5, 0.6) is 0 Å². The first-order valence-electron chi connectivity index (χ1n) is 7.95. The molecule has 152 valence electrons. The highest BCUT2D eigenvalue weighted by molar-refractivity contribution is 7.99. The van der Waals surface area contributed by atoms with Crippen LogP contribution in [-0.2, 0) is 0 Å². The van der Waals surface area contributed by atoms with Gasteiger partial charge in [0.25, 0.3) is 0 Å². The standard InChI is InChI=1S/C16H17F7N2S2/c1-10-6-11(17)12(7-13(10)27-9-16(21,22)23)24-2-4-25(5-3-24)14(26)8-15(18,19)20/h6-7H,2-5,8-9H2,1H3. The van der Waals surface area contributed by atoms with E-state index in [1.165, 1.54) is 24.0 Å². The molecule has 1 fully saturated rings. The number of rotatable bonds is 4. The fraction of sp³-hybridized carbons (Fsp3) is 0.562. The second kappa shape index (κ2) is 8.42. The Hall–Kier alpha value is -1.23. The predicted octanol–water partition coefficient (Wildman–Crippen LogP) is 5.19. The molecule has 0 aromatic heterocycles. The number of piperazine rings is 1. The molecule has 1 aliphatic heterocycles. The minimum atomic E-state index is -4.39. The molecule has 2 nitrogen and oxygen atoms in total. The third-order valence-corrected chi connectivity index (χ3v) is 5.59. The minimum Gasteiger partial charge on any atom is -0.366 e. The third kappa shape index (κ3) is 6.70. The molecule has 0 saturated carbocycles. The fourth-order valence-electron chi connectivity index (χ4n) is 2.68. The van der Waals surface area contributed by atoms with Crippen molar-refractivity contribution in [3.8, 4) is 0 Å². The fourth-order valence-corrected chi connectivity index (χ4v) is 3.83. The highest BCUT2D eigenvalue weighted by atomic mass is 32.2. The van der Waals surface area contributed by atoms with E-state index in [9.17, 15) is 30.7 Å². The molecular formula is C16H17F7N2S2. The van der Waals surface area contributed by atoms with Crippen molar-refractivity contribution in [2.45, 2.75) is 30.6 Å². The Morgan fingerprint density at radius 3 is 2.15 bits per heavy atom. The maximum absolute atomic E-state index is 14.3. The number of anilines is 1. The largest absolute Gasteiger partial charge is 0.398 e. The lowest BCUT2D eigenvalue weighted by Gasteiger charge is -2.38. The Balaban J connectivity index is 2.06. The average Bonchev–Trinajstić information content (AvgIpc) is 2.52. The molecule has 1 aliphatic rings. The monoisotopic (exact) mass is 434 g/mol. The van der Waals surface area contributed by atoms with Crippen LogP contribution >= 0.6 is 24.0 Å². The van der Waals surface area contributed by atoms with Crippen molar-refractivity contribution in [3.63, 3.8) is 0 Å². The Morgan fingerprint density at radius 1 is 1.04 bits per heavy atom. The molecule has 0 bridgehead atoms. The van der Waals surface area contributed by atoms with E-state index in [2.05, 4.69) is 0 Å². The summed E-state index contributed by atoms with van der Waals surface area (Å²) in [6.07, 6.45) is -9.91. The lowest BCUT2D eigenvalue weighted by Crippen LogP contribution is -2.49. The second-order valence-corrected chi connectivity index (χ2v) is 7.62. The van der Waals surface area contributed by atoms with E-state index >= 15 is 0 Å². The van der Waals surface area contributed by atoms with Gasteiger partial charge in [0.05, 0.1) is 22.8 Å². The van der Waals surface area contributed by atoms with Gasteiger partial charge in [0, 0.05) is 31.1 Å². The number of thioether (sulfide) groups is 1. The molecule has 1 saturated heterocycles. The first-order chi connectivity index (χ1) is 12.4. The Kier molecular flexibility index (Phi) is 6.88. The van der Waals surface area contributed by atoms with E-state index in [1.54, 1.807) is 4.90 Å². The molecule has 0 aliphatic carbocycles. The van der Waals surface area contributed by atoms with Gasteiger partial charge >= 0.3 is 12.4 Å². The number of nitrogens with zero attached hydrogens (tertiary/aromatic N) is 2. The topological polar surface area (TPSA) is 6.48 Å². The molecular weight excluding hydrogens is 417 g/mol. The van der Waals surface area contributed by atoms with Gasteiger partial charge in [0.15, 0.2) is 0 Å². The Labute approximate surface area is 161 Å². The molecule has 1 heterocycles. The first-order valence-corrected chi connectivity index (χ1v) is 9.34. The molecule has 0 unspecified atom stereocenters. The Morgan fingerprint density at radius 2 is 1.63 bits per heavy atom. The summed E-state index contributed by atoms with van der Waals surface area (Å²) < 4.78 is 88.9. The van der Waals surface area contributed by atoms with Crippen molar-refractivity contribution in [2.75, 3.05) is 36.8 Å². The molecule has 0 amide bonds.